The molecule has 186 valence electrons. The van der Waals surface area contributed by atoms with Gasteiger partial charge in [-0.1, -0.05) is 35.9 Å². The molecule has 0 saturated heterocycles. The number of para-hydroxylation sites is 1. The highest BCUT2D eigenvalue weighted by Crippen LogP contribution is 2.36. The lowest BCUT2D eigenvalue weighted by Crippen LogP contribution is -2.55. The first-order valence-electron chi connectivity index (χ1n) is 11.6. The molecule has 2 aromatic carbocycles. The molecule has 3 unspecified atom stereocenters. The van der Waals surface area contributed by atoms with Crippen molar-refractivity contribution in [3.05, 3.63) is 74.3 Å². The second kappa shape index (κ2) is 11.7. The van der Waals surface area contributed by atoms with Gasteiger partial charge >= 0.3 is 0 Å². The molecule has 2 aromatic rings. The molecule has 2 amide bonds. The van der Waals surface area contributed by atoms with E-state index in [0.29, 0.717) is 16.3 Å². The predicted octanol–water partition coefficient (Wildman–Crippen LogP) is 3.30. The van der Waals surface area contributed by atoms with Crippen molar-refractivity contribution in [2.45, 2.75) is 44.1 Å². The van der Waals surface area contributed by atoms with Gasteiger partial charge in [0.2, 0.25) is 11.8 Å². The average molecular weight is 611 g/mol. The SMILES string of the molecule is O=C(NCCO)C1=CC(Oc2ccccc2I)C(O)C(N(Cc2ccc(Cl)cc2)C(=O)C2CC2)C1. The summed E-state index contributed by atoms with van der Waals surface area (Å²) in [6.45, 7) is 0.215. The van der Waals surface area contributed by atoms with Gasteiger partial charge in [-0.2, -0.15) is 0 Å². The number of nitrogens with zero attached hydrogens (tertiary/aromatic N) is 1. The van der Waals surface area contributed by atoms with Gasteiger partial charge in [-0.3, -0.25) is 9.59 Å². The van der Waals surface area contributed by atoms with Gasteiger partial charge in [-0.25, -0.2) is 0 Å². The Balaban J connectivity index is 1.66. The Morgan fingerprint density at radius 2 is 1.86 bits per heavy atom. The summed E-state index contributed by atoms with van der Waals surface area (Å²) in [7, 11) is 0. The van der Waals surface area contributed by atoms with Crippen molar-refractivity contribution < 1.29 is 24.5 Å². The van der Waals surface area contributed by atoms with Gasteiger partial charge in [-0.05, 0) is 71.3 Å². The lowest BCUT2D eigenvalue weighted by atomic mass is 9.87. The minimum atomic E-state index is -1.05. The number of carbonyl (C=O) groups excluding carboxylic acids is 2. The topological polar surface area (TPSA) is 99.1 Å². The van der Waals surface area contributed by atoms with Crippen LogP contribution in [-0.4, -0.2) is 58.3 Å². The van der Waals surface area contributed by atoms with Crippen molar-refractivity contribution in [1.82, 2.24) is 10.2 Å². The van der Waals surface area contributed by atoms with Crippen LogP contribution in [0.25, 0.3) is 0 Å². The normalized spacial score (nSPS) is 21.7. The van der Waals surface area contributed by atoms with E-state index in [0.717, 1.165) is 22.0 Å². The zero-order chi connectivity index (χ0) is 24.9. The molecule has 9 heteroatoms. The number of aliphatic hydroxyl groups is 2. The van der Waals surface area contributed by atoms with Crippen molar-refractivity contribution in [2.24, 2.45) is 5.92 Å². The zero-order valence-corrected chi connectivity index (χ0v) is 22.0. The first-order chi connectivity index (χ1) is 16.9. The maximum Gasteiger partial charge on any atom is 0.247 e. The van der Waals surface area contributed by atoms with Gasteiger partial charge < -0.3 is 25.2 Å². The van der Waals surface area contributed by atoms with E-state index in [1.165, 1.54) is 0 Å². The van der Waals surface area contributed by atoms with Gasteiger partial charge in [0.15, 0.2) is 0 Å². The molecule has 0 radical (unpaired) electrons. The fraction of sp³-hybridized carbons (Fsp3) is 0.385. The van der Waals surface area contributed by atoms with Crippen LogP contribution < -0.4 is 10.1 Å². The van der Waals surface area contributed by atoms with Crippen LogP contribution in [-0.2, 0) is 16.1 Å². The van der Waals surface area contributed by atoms with Crippen LogP contribution in [0.15, 0.2) is 60.2 Å². The van der Waals surface area contributed by atoms with Gasteiger partial charge in [-0.15, -0.1) is 0 Å². The van der Waals surface area contributed by atoms with Crippen molar-refractivity contribution >= 4 is 46.0 Å². The van der Waals surface area contributed by atoms with Crippen molar-refractivity contribution in [2.75, 3.05) is 13.2 Å². The molecule has 2 aliphatic rings. The smallest absolute Gasteiger partial charge is 0.247 e. The molecule has 0 aliphatic heterocycles. The van der Waals surface area contributed by atoms with E-state index >= 15 is 0 Å². The minimum absolute atomic E-state index is 0.0333. The number of aliphatic hydroxyl groups excluding tert-OH is 2. The summed E-state index contributed by atoms with van der Waals surface area (Å²) in [5.74, 6) is 0.134. The summed E-state index contributed by atoms with van der Waals surface area (Å²) in [5.41, 5.74) is 1.29. The van der Waals surface area contributed by atoms with Crippen molar-refractivity contribution in [3.8, 4) is 5.75 Å². The number of carbonyl (C=O) groups is 2. The number of ether oxygens (including phenoxy) is 1. The van der Waals surface area contributed by atoms with Crippen LogP contribution in [0.2, 0.25) is 5.02 Å². The molecule has 0 heterocycles. The molecular weight excluding hydrogens is 583 g/mol. The van der Waals surface area contributed by atoms with Gasteiger partial charge in [0, 0.05) is 36.0 Å². The third-order valence-corrected chi connectivity index (χ3v) is 7.33. The highest BCUT2D eigenvalue weighted by atomic mass is 127. The Morgan fingerprint density at radius 1 is 1.14 bits per heavy atom. The molecular formula is C26H28ClIN2O5. The quantitative estimate of drug-likeness (QED) is 0.379. The summed E-state index contributed by atoms with van der Waals surface area (Å²) in [6, 6.07) is 14.0. The summed E-state index contributed by atoms with van der Waals surface area (Å²) < 4.78 is 7.03. The third kappa shape index (κ3) is 6.55. The van der Waals surface area contributed by atoms with E-state index in [-0.39, 0.29) is 43.8 Å². The van der Waals surface area contributed by atoms with E-state index in [9.17, 15) is 14.7 Å². The molecule has 35 heavy (non-hydrogen) atoms. The molecule has 0 bridgehead atoms. The Hall–Kier alpha value is -2.14. The van der Waals surface area contributed by atoms with Crippen LogP contribution in [0.3, 0.4) is 0 Å². The van der Waals surface area contributed by atoms with E-state index < -0.39 is 18.2 Å². The lowest BCUT2D eigenvalue weighted by Gasteiger charge is -2.40. The van der Waals surface area contributed by atoms with Gasteiger partial charge in [0.05, 0.1) is 16.2 Å². The van der Waals surface area contributed by atoms with E-state index in [1.54, 1.807) is 29.2 Å². The second-order valence-corrected chi connectivity index (χ2v) is 10.4. The first-order valence-corrected chi connectivity index (χ1v) is 13.1. The Morgan fingerprint density at radius 3 is 2.51 bits per heavy atom. The number of hydrogen-bond acceptors (Lipinski definition) is 5. The monoisotopic (exact) mass is 610 g/mol. The van der Waals surface area contributed by atoms with Crippen molar-refractivity contribution in [3.63, 3.8) is 0 Å². The summed E-state index contributed by atoms with van der Waals surface area (Å²) >= 11 is 8.19. The Labute approximate surface area is 223 Å². The largest absolute Gasteiger partial charge is 0.482 e. The number of benzene rings is 2. The Kier molecular flexibility index (Phi) is 8.69. The molecule has 3 N–H and O–H groups in total. The fourth-order valence-corrected chi connectivity index (χ4v) is 4.82. The maximum atomic E-state index is 13.4. The Bertz CT molecular complexity index is 1090. The maximum absolute atomic E-state index is 13.4. The first kappa shape index (κ1) is 25.9. The molecule has 7 nitrogen and oxygen atoms in total. The summed E-state index contributed by atoms with van der Waals surface area (Å²) in [6.07, 6.45) is 1.56. The van der Waals surface area contributed by atoms with Gasteiger partial charge in [0.25, 0.3) is 0 Å². The molecule has 2 aliphatic carbocycles. The van der Waals surface area contributed by atoms with Gasteiger partial charge in [0.1, 0.15) is 18.0 Å². The number of rotatable bonds is 9. The molecule has 0 aromatic heterocycles. The standard InChI is InChI=1S/C26H28ClIN2O5/c27-19-9-5-16(6-10-19)15-30(26(34)17-7-8-17)21-13-18(25(33)29-11-12-31)14-23(24(21)32)35-22-4-2-1-3-20(22)28/h1-6,9-10,14,17,21,23-24,31-32H,7-8,11-13,15H2,(H,29,33). The predicted molar refractivity (Wildman–Crippen MR) is 141 cm³/mol. The van der Waals surface area contributed by atoms with Crippen LogP contribution in [0.5, 0.6) is 5.75 Å². The zero-order valence-electron chi connectivity index (χ0n) is 19.1. The highest BCUT2D eigenvalue weighted by molar-refractivity contribution is 14.1. The number of amides is 2. The molecule has 0 spiro atoms. The molecule has 3 atom stereocenters. The summed E-state index contributed by atoms with van der Waals surface area (Å²) in [5, 5.41) is 23.9. The second-order valence-electron chi connectivity index (χ2n) is 8.81. The molecule has 1 fully saturated rings. The number of nitrogens with one attached hydrogen (secondary N) is 1. The highest BCUT2D eigenvalue weighted by Gasteiger charge is 2.43. The average Bonchev–Trinajstić information content (AvgIpc) is 3.70. The summed E-state index contributed by atoms with van der Waals surface area (Å²) in [4.78, 5) is 27.9. The van der Waals surface area contributed by atoms with E-state index in [2.05, 4.69) is 27.9 Å². The van der Waals surface area contributed by atoms with Crippen LogP contribution in [0.1, 0.15) is 24.8 Å². The molecule has 4 rings (SSSR count). The van der Waals surface area contributed by atoms with E-state index in [1.807, 2.05) is 30.3 Å². The van der Waals surface area contributed by atoms with Crippen LogP contribution in [0, 0.1) is 9.49 Å². The third-order valence-electron chi connectivity index (χ3n) is 6.19. The van der Waals surface area contributed by atoms with Crippen LogP contribution >= 0.6 is 34.2 Å². The lowest BCUT2D eigenvalue weighted by molar-refractivity contribution is -0.140. The molecule has 1 saturated carbocycles. The fourth-order valence-electron chi connectivity index (χ4n) is 4.18. The minimum Gasteiger partial charge on any atom is -0.482 e. The van der Waals surface area contributed by atoms with Crippen LogP contribution in [0.4, 0.5) is 0 Å². The van der Waals surface area contributed by atoms with Crippen molar-refractivity contribution in [1.29, 1.82) is 0 Å². The number of hydrogen-bond donors (Lipinski definition) is 3. The van der Waals surface area contributed by atoms with E-state index in [4.69, 9.17) is 21.4 Å². The number of halogens is 2.